The van der Waals surface area contributed by atoms with Crippen LogP contribution in [0.4, 0.5) is 5.82 Å². The third kappa shape index (κ3) is 5.78. The highest BCUT2D eigenvalue weighted by atomic mass is 32.2. The average molecular weight is 498 g/mol. The van der Waals surface area contributed by atoms with Crippen LogP contribution in [0.3, 0.4) is 0 Å². The molecular weight excluding hydrogens is 478 g/mol. The monoisotopic (exact) mass is 497 g/mol. The second-order valence-electron chi connectivity index (χ2n) is 6.92. The summed E-state index contributed by atoms with van der Waals surface area (Å²) >= 11 is 4.12. The number of nitrogens with one attached hydrogen (secondary N) is 2. The van der Waals surface area contributed by atoms with Crippen LogP contribution in [0.1, 0.15) is 25.9 Å². The lowest BCUT2D eigenvalue weighted by molar-refractivity contribution is 0.0827. The molecule has 3 aromatic heterocycles. The van der Waals surface area contributed by atoms with E-state index in [-0.39, 0.29) is 17.5 Å². The molecule has 4 rings (SSSR count). The van der Waals surface area contributed by atoms with Crippen molar-refractivity contribution in [2.75, 3.05) is 19.4 Å². The van der Waals surface area contributed by atoms with Crippen LogP contribution in [-0.4, -0.2) is 56.0 Å². The van der Waals surface area contributed by atoms with E-state index in [2.05, 4.69) is 30.5 Å². The molecule has 2 N–H and O–H groups in total. The van der Waals surface area contributed by atoms with Gasteiger partial charge in [0.25, 0.3) is 11.8 Å². The van der Waals surface area contributed by atoms with E-state index < -0.39 is 0 Å². The Morgan fingerprint density at radius 3 is 2.48 bits per heavy atom. The number of nitrogens with zero attached hydrogens (tertiary/aromatic N) is 5. The molecule has 0 saturated carbocycles. The number of aromatic amines is 1. The zero-order valence-electron chi connectivity index (χ0n) is 17.9. The minimum absolute atomic E-state index is 0.0689. The second-order valence-corrected chi connectivity index (χ2v) is 10.1. The number of amides is 2. The number of carbonyl (C=O) groups excluding carboxylic acids is 2. The Hall–Kier alpha value is -3.22. The molecule has 2 amide bonds. The van der Waals surface area contributed by atoms with Gasteiger partial charge < -0.3 is 15.2 Å². The normalized spacial score (nSPS) is 10.8. The van der Waals surface area contributed by atoms with Gasteiger partial charge in [-0.2, -0.15) is 0 Å². The molecule has 0 spiro atoms. The van der Waals surface area contributed by atoms with E-state index in [0.29, 0.717) is 26.5 Å². The maximum atomic E-state index is 13.1. The van der Waals surface area contributed by atoms with Gasteiger partial charge in [0, 0.05) is 34.8 Å². The van der Waals surface area contributed by atoms with Crippen molar-refractivity contribution in [3.63, 3.8) is 0 Å². The number of anilines is 1. The molecule has 3 heterocycles. The van der Waals surface area contributed by atoms with Crippen LogP contribution in [0.25, 0.3) is 0 Å². The number of aryl methyl sites for hydroxylation is 1. The van der Waals surface area contributed by atoms with Crippen LogP contribution in [0.15, 0.2) is 68.1 Å². The summed E-state index contributed by atoms with van der Waals surface area (Å²) in [6.45, 7) is 1.87. The van der Waals surface area contributed by atoms with Crippen molar-refractivity contribution in [1.29, 1.82) is 0 Å². The molecule has 4 aromatic rings. The highest BCUT2D eigenvalue weighted by molar-refractivity contribution is 7.99. The topological polar surface area (TPSA) is 117 Å². The van der Waals surface area contributed by atoms with Gasteiger partial charge in [-0.15, -0.1) is 21.5 Å². The van der Waals surface area contributed by atoms with Crippen LogP contribution in [-0.2, 0) is 0 Å². The standard InChI is InChI=1S/C21H19N7O2S3/c1-12-24-16(10-31-12)25-19(29)18-15(8-9-17(26-18)33-21-22-11-23-27-21)32-14-6-4-13(5-7-14)20(30)28(2)3/h4-11H,1-3H3,(H,25,29)(H,22,23,27). The highest BCUT2D eigenvalue weighted by Crippen LogP contribution is 2.33. The first kappa shape index (κ1) is 23.0. The quantitative estimate of drug-likeness (QED) is 0.390. The fourth-order valence-electron chi connectivity index (χ4n) is 2.72. The van der Waals surface area contributed by atoms with Gasteiger partial charge in [0.1, 0.15) is 22.9 Å². The molecule has 0 aliphatic carbocycles. The van der Waals surface area contributed by atoms with Crippen LogP contribution in [0.2, 0.25) is 0 Å². The summed E-state index contributed by atoms with van der Waals surface area (Å²) in [6.07, 6.45) is 1.48. The fourth-order valence-corrected chi connectivity index (χ4v) is 4.83. The third-order valence-corrected chi connectivity index (χ3v) is 6.90. The van der Waals surface area contributed by atoms with Gasteiger partial charge in [-0.1, -0.05) is 11.8 Å². The molecule has 9 nitrogen and oxygen atoms in total. The van der Waals surface area contributed by atoms with Crippen molar-refractivity contribution in [3.8, 4) is 0 Å². The number of rotatable bonds is 7. The highest BCUT2D eigenvalue weighted by Gasteiger charge is 2.18. The summed E-state index contributed by atoms with van der Waals surface area (Å²) in [4.78, 5) is 40.1. The van der Waals surface area contributed by atoms with Gasteiger partial charge in [-0.05, 0) is 55.1 Å². The van der Waals surface area contributed by atoms with Crippen molar-refractivity contribution >= 4 is 52.5 Å². The Labute approximate surface area is 202 Å². The Kier molecular flexibility index (Phi) is 7.06. The Bertz CT molecular complexity index is 1270. The van der Waals surface area contributed by atoms with Crippen LogP contribution < -0.4 is 5.32 Å². The fraction of sp³-hybridized carbons (Fsp3) is 0.143. The molecule has 0 atom stereocenters. The van der Waals surface area contributed by atoms with Gasteiger partial charge in [0.05, 0.1) is 5.01 Å². The van der Waals surface area contributed by atoms with Crippen LogP contribution >= 0.6 is 34.9 Å². The number of hydrogen-bond acceptors (Lipinski definition) is 9. The molecule has 33 heavy (non-hydrogen) atoms. The molecule has 12 heteroatoms. The van der Waals surface area contributed by atoms with Crippen molar-refractivity contribution in [2.45, 2.75) is 26.9 Å². The third-order valence-electron chi connectivity index (χ3n) is 4.24. The molecule has 0 aliphatic rings. The van der Waals surface area contributed by atoms with Gasteiger partial charge in [0.2, 0.25) is 0 Å². The van der Waals surface area contributed by atoms with Crippen molar-refractivity contribution in [2.24, 2.45) is 0 Å². The number of aromatic nitrogens is 5. The molecule has 0 aliphatic heterocycles. The molecule has 0 unspecified atom stereocenters. The summed E-state index contributed by atoms with van der Waals surface area (Å²) in [7, 11) is 3.42. The van der Waals surface area contributed by atoms with Crippen LogP contribution in [0, 0.1) is 6.92 Å². The molecule has 1 aromatic carbocycles. The van der Waals surface area contributed by atoms with E-state index in [9.17, 15) is 9.59 Å². The first-order valence-corrected chi connectivity index (χ1v) is 12.2. The minimum atomic E-state index is -0.359. The Balaban J connectivity index is 1.61. The first-order chi connectivity index (χ1) is 15.9. The number of H-pyrrole nitrogens is 1. The summed E-state index contributed by atoms with van der Waals surface area (Å²) in [5, 5.41) is 14.4. The number of thiazole rings is 1. The van der Waals surface area contributed by atoms with E-state index in [1.807, 2.05) is 31.2 Å². The Morgan fingerprint density at radius 2 is 1.85 bits per heavy atom. The Morgan fingerprint density at radius 1 is 1.06 bits per heavy atom. The molecule has 0 bridgehead atoms. The second kappa shape index (κ2) is 10.1. The van der Waals surface area contributed by atoms with E-state index >= 15 is 0 Å². The smallest absolute Gasteiger partial charge is 0.276 e. The largest absolute Gasteiger partial charge is 0.345 e. The van der Waals surface area contributed by atoms with Crippen molar-refractivity contribution in [1.82, 2.24) is 30.0 Å². The van der Waals surface area contributed by atoms with Crippen molar-refractivity contribution < 1.29 is 9.59 Å². The predicted octanol–water partition coefficient (Wildman–Crippen LogP) is 4.22. The lowest BCUT2D eigenvalue weighted by Crippen LogP contribution is -2.21. The molecule has 168 valence electrons. The van der Waals surface area contributed by atoms with Gasteiger partial charge >= 0.3 is 0 Å². The minimum Gasteiger partial charge on any atom is -0.345 e. The predicted molar refractivity (Wildman–Crippen MR) is 128 cm³/mol. The zero-order valence-corrected chi connectivity index (χ0v) is 20.3. The number of hydrogen-bond donors (Lipinski definition) is 2. The van der Waals surface area contributed by atoms with E-state index in [0.717, 1.165) is 9.90 Å². The SMILES string of the molecule is Cc1nc(NC(=O)c2nc(Sc3nnc[nH]3)ccc2Sc2ccc(C(=O)N(C)C)cc2)cs1. The molecule has 0 saturated heterocycles. The average Bonchev–Trinajstić information content (AvgIpc) is 3.46. The summed E-state index contributed by atoms with van der Waals surface area (Å²) in [6, 6.07) is 10.9. The summed E-state index contributed by atoms with van der Waals surface area (Å²) < 4.78 is 0. The number of pyridine rings is 1. The number of benzene rings is 1. The number of carbonyl (C=O) groups is 2. The summed E-state index contributed by atoms with van der Waals surface area (Å²) in [5.41, 5.74) is 0.863. The first-order valence-electron chi connectivity index (χ1n) is 9.67. The molecule has 0 radical (unpaired) electrons. The maximum absolute atomic E-state index is 13.1. The van der Waals surface area contributed by atoms with Crippen LogP contribution in [0.5, 0.6) is 0 Å². The summed E-state index contributed by atoms with van der Waals surface area (Å²) in [5.74, 6) is 0.0583. The molecular formula is C21H19N7O2S3. The van der Waals surface area contributed by atoms with E-state index in [4.69, 9.17) is 0 Å². The lowest BCUT2D eigenvalue weighted by Gasteiger charge is -2.12. The van der Waals surface area contributed by atoms with E-state index in [1.54, 1.807) is 31.6 Å². The van der Waals surface area contributed by atoms with Crippen molar-refractivity contribution in [3.05, 3.63) is 64.4 Å². The zero-order chi connectivity index (χ0) is 23.4. The van der Waals surface area contributed by atoms with Gasteiger partial charge in [-0.3, -0.25) is 9.59 Å². The molecule has 0 fully saturated rings. The maximum Gasteiger partial charge on any atom is 0.276 e. The van der Waals surface area contributed by atoms with Gasteiger partial charge in [-0.25, -0.2) is 9.97 Å². The van der Waals surface area contributed by atoms with E-state index in [1.165, 1.54) is 46.1 Å². The van der Waals surface area contributed by atoms with Gasteiger partial charge in [0.15, 0.2) is 5.16 Å². The lowest BCUT2D eigenvalue weighted by atomic mass is 10.2.